The van der Waals surface area contributed by atoms with Crippen LogP contribution in [0.15, 0.2) is 110 Å². The van der Waals surface area contributed by atoms with Gasteiger partial charge in [0.2, 0.25) is 0 Å². The van der Waals surface area contributed by atoms with Gasteiger partial charge in [-0.05, 0) is 87.7 Å². The molecule has 0 saturated carbocycles. The lowest BCUT2D eigenvalue weighted by Crippen LogP contribution is -2.04. The molecule has 0 amide bonds. The Labute approximate surface area is 199 Å². The Morgan fingerprint density at radius 2 is 1.26 bits per heavy atom. The Kier molecular flexibility index (Phi) is 5.48. The minimum Gasteiger partial charge on any atom is -0.264 e. The Bertz CT molecular complexity index is 1540. The molecular formula is C32H26N2. The van der Waals surface area contributed by atoms with Gasteiger partial charge in [0.15, 0.2) is 0 Å². The molecule has 2 heterocycles. The fourth-order valence-corrected chi connectivity index (χ4v) is 5.22. The van der Waals surface area contributed by atoms with Crippen LogP contribution < -0.4 is 0 Å². The van der Waals surface area contributed by atoms with Crippen molar-refractivity contribution < 1.29 is 0 Å². The van der Waals surface area contributed by atoms with Crippen molar-refractivity contribution >= 4 is 32.3 Å². The molecule has 164 valence electrons. The molecule has 0 aliphatic heterocycles. The van der Waals surface area contributed by atoms with E-state index >= 15 is 0 Å². The average Bonchev–Trinajstić information content (AvgIpc) is 2.93. The van der Waals surface area contributed by atoms with Crippen LogP contribution in [-0.2, 0) is 12.8 Å². The SMILES string of the molecule is c1cc2cnccc2cn1.c1ccc(-c2cc3ccccc3c3ccc4c(c23)CCCC4)cc1. The molecule has 0 fully saturated rings. The van der Waals surface area contributed by atoms with E-state index in [0.717, 1.165) is 10.8 Å². The third-order valence-corrected chi connectivity index (χ3v) is 6.88. The molecule has 0 unspecified atom stereocenters. The molecule has 0 bridgehead atoms. The van der Waals surface area contributed by atoms with Gasteiger partial charge in [-0.1, -0.05) is 66.7 Å². The maximum atomic E-state index is 3.99. The quantitative estimate of drug-likeness (QED) is 0.242. The summed E-state index contributed by atoms with van der Waals surface area (Å²) in [5.74, 6) is 0. The highest BCUT2D eigenvalue weighted by molar-refractivity contribution is 6.15. The molecule has 2 heteroatoms. The Morgan fingerprint density at radius 1 is 0.559 bits per heavy atom. The largest absolute Gasteiger partial charge is 0.264 e. The minimum atomic E-state index is 1.14. The number of hydrogen-bond donors (Lipinski definition) is 0. The first-order chi connectivity index (χ1) is 16.9. The van der Waals surface area contributed by atoms with Gasteiger partial charge in [0.05, 0.1) is 0 Å². The molecule has 6 aromatic rings. The van der Waals surface area contributed by atoms with E-state index in [1.54, 1.807) is 23.5 Å². The number of aryl methyl sites for hydroxylation is 2. The van der Waals surface area contributed by atoms with Crippen molar-refractivity contribution in [2.45, 2.75) is 25.7 Å². The predicted molar refractivity (Wildman–Crippen MR) is 143 cm³/mol. The molecule has 0 N–H and O–H groups in total. The summed E-state index contributed by atoms with van der Waals surface area (Å²) in [5, 5.41) is 7.87. The molecule has 2 aromatic heterocycles. The lowest BCUT2D eigenvalue weighted by Gasteiger charge is -2.21. The maximum absolute atomic E-state index is 3.99. The Hall–Kier alpha value is -4.04. The molecular weight excluding hydrogens is 412 g/mol. The summed E-state index contributed by atoms with van der Waals surface area (Å²) >= 11 is 0. The third kappa shape index (κ3) is 3.82. The lowest BCUT2D eigenvalue weighted by atomic mass is 9.83. The fourth-order valence-electron chi connectivity index (χ4n) is 5.22. The Balaban J connectivity index is 0.000000182. The van der Waals surface area contributed by atoms with Gasteiger partial charge < -0.3 is 0 Å². The minimum absolute atomic E-state index is 1.14. The van der Waals surface area contributed by atoms with Gasteiger partial charge in [0.1, 0.15) is 0 Å². The molecule has 0 saturated heterocycles. The van der Waals surface area contributed by atoms with Crippen LogP contribution in [0, 0.1) is 0 Å². The summed E-state index contributed by atoms with van der Waals surface area (Å²) in [7, 11) is 0. The van der Waals surface area contributed by atoms with Gasteiger partial charge >= 0.3 is 0 Å². The Morgan fingerprint density at radius 3 is 2.06 bits per heavy atom. The van der Waals surface area contributed by atoms with E-state index in [-0.39, 0.29) is 0 Å². The van der Waals surface area contributed by atoms with E-state index in [2.05, 4.69) is 82.8 Å². The number of rotatable bonds is 1. The maximum Gasteiger partial charge on any atom is 0.0347 e. The zero-order chi connectivity index (χ0) is 22.7. The second-order valence-corrected chi connectivity index (χ2v) is 8.94. The number of fused-ring (bicyclic) bond motifs is 6. The van der Waals surface area contributed by atoms with Crippen molar-refractivity contribution in [3.63, 3.8) is 0 Å². The first-order valence-corrected chi connectivity index (χ1v) is 12.0. The van der Waals surface area contributed by atoms with Crippen molar-refractivity contribution in [1.82, 2.24) is 9.97 Å². The highest BCUT2D eigenvalue weighted by Gasteiger charge is 2.17. The molecule has 0 atom stereocenters. The molecule has 0 radical (unpaired) electrons. The highest BCUT2D eigenvalue weighted by Crippen LogP contribution is 2.40. The van der Waals surface area contributed by atoms with E-state index in [0.29, 0.717) is 0 Å². The van der Waals surface area contributed by atoms with Crippen LogP contribution in [0.4, 0.5) is 0 Å². The molecule has 2 nitrogen and oxygen atoms in total. The lowest BCUT2D eigenvalue weighted by molar-refractivity contribution is 0.690. The summed E-state index contributed by atoms with van der Waals surface area (Å²) in [4.78, 5) is 7.97. The summed E-state index contributed by atoms with van der Waals surface area (Å²) in [6.07, 6.45) is 12.3. The van der Waals surface area contributed by atoms with Crippen LogP contribution in [0.25, 0.3) is 43.4 Å². The topological polar surface area (TPSA) is 25.8 Å². The van der Waals surface area contributed by atoms with Gasteiger partial charge in [-0.2, -0.15) is 0 Å². The number of benzene rings is 4. The predicted octanol–water partition coefficient (Wildman–Crippen LogP) is 8.17. The van der Waals surface area contributed by atoms with Gasteiger partial charge in [-0.15, -0.1) is 0 Å². The van der Waals surface area contributed by atoms with Crippen LogP contribution in [0.2, 0.25) is 0 Å². The van der Waals surface area contributed by atoms with Crippen LogP contribution in [0.3, 0.4) is 0 Å². The second-order valence-electron chi connectivity index (χ2n) is 8.94. The smallest absolute Gasteiger partial charge is 0.0347 e. The summed E-state index contributed by atoms with van der Waals surface area (Å²) in [5.41, 5.74) is 5.86. The van der Waals surface area contributed by atoms with Gasteiger partial charge in [0.25, 0.3) is 0 Å². The van der Waals surface area contributed by atoms with Gasteiger partial charge in [0, 0.05) is 35.6 Å². The summed E-state index contributed by atoms with van der Waals surface area (Å²) in [6, 6.07) is 30.7. The monoisotopic (exact) mass is 438 g/mol. The van der Waals surface area contributed by atoms with Gasteiger partial charge in [-0.3, -0.25) is 9.97 Å². The summed E-state index contributed by atoms with van der Waals surface area (Å²) < 4.78 is 0. The third-order valence-electron chi connectivity index (χ3n) is 6.88. The van der Waals surface area contributed by atoms with Crippen LogP contribution in [-0.4, -0.2) is 9.97 Å². The van der Waals surface area contributed by atoms with E-state index < -0.39 is 0 Å². The van der Waals surface area contributed by atoms with E-state index in [4.69, 9.17) is 0 Å². The molecule has 0 spiro atoms. The molecule has 7 rings (SSSR count). The average molecular weight is 439 g/mol. The van der Waals surface area contributed by atoms with Crippen molar-refractivity contribution in [3.8, 4) is 11.1 Å². The van der Waals surface area contributed by atoms with Crippen molar-refractivity contribution in [2.75, 3.05) is 0 Å². The fraction of sp³-hybridized carbons (Fsp3) is 0.125. The number of hydrogen-bond acceptors (Lipinski definition) is 2. The standard InChI is InChI=1S/C24H20.C8H6N2/c1-2-8-17(9-3-1)23-16-19-11-5-6-12-20(19)22-15-14-18-10-4-7-13-21(18)24(22)23;1-3-9-6-8-2-4-10-5-7(1)8/h1-3,5-6,8-9,11-12,14-16H,4,7,10,13H2;1-6H. The normalized spacial score (nSPS) is 12.8. The van der Waals surface area contributed by atoms with Crippen molar-refractivity contribution in [2.24, 2.45) is 0 Å². The summed E-state index contributed by atoms with van der Waals surface area (Å²) in [6.45, 7) is 0. The molecule has 1 aliphatic carbocycles. The number of pyridine rings is 2. The number of nitrogens with zero attached hydrogens (tertiary/aromatic N) is 2. The molecule has 34 heavy (non-hydrogen) atoms. The van der Waals surface area contributed by atoms with Crippen LogP contribution in [0.5, 0.6) is 0 Å². The zero-order valence-electron chi connectivity index (χ0n) is 19.1. The second kappa shape index (κ2) is 9.07. The molecule has 1 aliphatic rings. The van der Waals surface area contributed by atoms with E-state index in [1.807, 2.05) is 24.5 Å². The van der Waals surface area contributed by atoms with Gasteiger partial charge in [-0.25, -0.2) is 0 Å². The highest BCUT2D eigenvalue weighted by atomic mass is 14.6. The van der Waals surface area contributed by atoms with Crippen LogP contribution in [0.1, 0.15) is 24.0 Å². The molecule has 4 aromatic carbocycles. The number of aromatic nitrogens is 2. The first-order valence-electron chi connectivity index (χ1n) is 12.0. The van der Waals surface area contributed by atoms with E-state index in [9.17, 15) is 0 Å². The van der Waals surface area contributed by atoms with Crippen molar-refractivity contribution in [3.05, 3.63) is 121 Å². The van der Waals surface area contributed by atoms with Crippen molar-refractivity contribution in [1.29, 1.82) is 0 Å². The zero-order valence-corrected chi connectivity index (χ0v) is 19.1. The first kappa shape index (κ1) is 20.6. The van der Waals surface area contributed by atoms with Crippen LogP contribution >= 0.6 is 0 Å². The van der Waals surface area contributed by atoms with E-state index in [1.165, 1.54) is 58.4 Å².